The summed E-state index contributed by atoms with van der Waals surface area (Å²) in [5.74, 6) is 0. The lowest BCUT2D eigenvalue weighted by atomic mass is 10.4. The Hall–Kier alpha value is 2.97. The molecular weight excluding hydrogens is 1280 g/mol. The molecule has 0 fully saturated rings. The predicted molar refractivity (Wildman–Crippen MR) is 362 cm³/mol. The number of unbranched alkanes of at least 4 members (excludes halogenated alkanes) is 1. The number of hydrogen-bond acceptors (Lipinski definition) is 18. The van der Waals surface area contributed by atoms with E-state index in [1.54, 1.807) is 0 Å². The first-order valence-corrected chi connectivity index (χ1v) is 76.8. The van der Waals surface area contributed by atoms with Crippen LogP contribution in [-0.4, -0.2) is 170 Å². The molecule has 0 aliphatic heterocycles. The molecule has 0 aromatic carbocycles. The van der Waals surface area contributed by atoms with E-state index in [0.29, 0.717) is 13.2 Å². The summed E-state index contributed by atoms with van der Waals surface area (Å²) in [6, 6.07) is 2.07. The number of aliphatic hydroxyl groups excluding tert-OH is 1. The lowest BCUT2D eigenvalue weighted by Gasteiger charge is -2.45. The minimum atomic E-state index is -2.84. The van der Waals surface area contributed by atoms with Crippen LogP contribution in [0, 0.1) is 0 Å². The zero-order valence-corrected chi connectivity index (χ0v) is 73.5. The van der Waals surface area contributed by atoms with Gasteiger partial charge in [-0.3, -0.25) is 0 Å². The fourth-order valence-corrected chi connectivity index (χ4v) is 99.5. The second kappa shape index (κ2) is 29.5. The summed E-state index contributed by atoms with van der Waals surface area (Å²) >= 11 is 0. The van der Waals surface area contributed by atoms with Gasteiger partial charge in [0.25, 0.3) is 0 Å². The Morgan fingerprint density at radius 1 is 0.218 bits per heavy atom. The minimum absolute atomic E-state index is 0.0339. The predicted octanol–water partition coefficient (Wildman–Crippen LogP) is 14.4. The maximum atomic E-state index is 9.03. The fraction of sp³-hybridized carbons (Fsp3) is 1.00. The second-order valence-corrected chi connectivity index (χ2v) is 91.8. The second-order valence-electron chi connectivity index (χ2n) is 28.7. The van der Waals surface area contributed by atoms with Crippen molar-refractivity contribution < 1.29 is 75.7 Å². The van der Waals surface area contributed by atoms with Gasteiger partial charge in [0.05, 0.1) is 13.2 Å². The van der Waals surface area contributed by atoms with Gasteiger partial charge in [0.2, 0.25) is 0 Å². The molecule has 0 aromatic rings. The molecule has 78 heavy (non-hydrogen) atoms. The molecule has 1 N–H and O–H groups in total. The van der Waals surface area contributed by atoms with E-state index in [1.807, 2.05) is 0 Å². The molecule has 0 unspecified atom stereocenters. The van der Waals surface area contributed by atoms with Crippen LogP contribution in [0.1, 0.15) is 26.2 Å². The van der Waals surface area contributed by atoms with Gasteiger partial charge < -0.3 is 75.7 Å². The summed E-state index contributed by atoms with van der Waals surface area (Å²) in [5.41, 5.74) is 0. The van der Waals surface area contributed by atoms with Gasteiger partial charge in [0.15, 0.2) is 16.6 Å². The summed E-state index contributed by atoms with van der Waals surface area (Å²) in [7, 11) is -45.1. The maximum absolute atomic E-state index is 9.03. The summed E-state index contributed by atoms with van der Waals surface area (Å²) in [4.78, 5) is 0. The monoisotopic (exact) mass is 1400 g/mol. The number of hydrogen-bond donors (Lipinski definition) is 1. The average Bonchev–Trinajstić information content (AvgIpc) is 3.01. The molecule has 0 bridgehead atoms. The molecule has 18 nitrogen and oxygen atoms in total. The van der Waals surface area contributed by atoms with E-state index in [-0.39, 0.29) is 6.61 Å². The molecule has 0 rings (SSSR count). The van der Waals surface area contributed by atoms with Crippen molar-refractivity contribution in [2.45, 2.75) is 261 Å². The summed E-state index contributed by atoms with van der Waals surface area (Å²) in [5, 5.41) is 9.03. The van der Waals surface area contributed by atoms with Crippen LogP contribution in [0.15, 0.2) is 0 Å². The maximum Gasteiger partial charge on any atom is 0.314 e. The number of rotatable bonds is 41. The van der Waals surface area contributed by atoms with Gasteiger partial charge in [-0.1, -0.05) is 19.8 Å². The number of ether oxygens (including phenoxy) is 1. The molecule has 0 aliphatic rings. The molecule has 0 heterocycles. The van der Waals surface area contributed by atoms with Crippen molar-refractivity contribution in [3.05, 3.63) is 0 Å². The van der Waals surface area contributed by atoms with Crippen molar-refractivity contribution in [2.24, 2.45) is 0 Å². The van der Waals surface area contributed by atoms with Crippen molar-refractivity contribution in [3.8, 4) is 0 Å². The van der Waals surface area contributed by atoms with E-state index >= 15 is 0 Å². The van der Waals surface area contributed by atoms with E-state index in [0.717, 1.165) is 24.9 Å². The third-order valence-electron chi connectivity index (χ3n) is 10.4. The standard InChI is InChI=1S/C43H122O18Si17/c1-36-37-42-62(2,3)46-64(6,7)48-66(10,11)50-68(14,15)52-70(18,19)54-72(22,23)56-74(26,27)58-76(30,31)60-78(34,35)61-77(32,33)59-75(28,29)57-73(24,25)55-71(20,21)53-69(16,17)51-67(12,13)49-65(8,9)47-63(4,5)43-38-40-45-41-39-44/h44H,36-43H2,1-35H3. The van der Waals surface area contributed by atoms with Gasteiger partial charge in [-0.25, -0.2) is 0 Å². The van der Waals surface area contributed by atoms with Gasteiger partial charge in [0, 0.05) is 6.61 Å². The Balaban J connectivity index is 5.73. The Morgan fingerprint density at radius 2 is 0.372 bits per heavy atom. The SMILES string of the molecule is CCCC[Si](C)(C)O[Si](C)(C)O[Si](C)(C)O[Si](C)(C)O[Si](C)(C)O[Si](C)(C)O[Si](C)(C)O[Si](C)(C)O[Si](C)(C)O[Si](C)(C)O[Si](C)(C)O[Si](C)(C)O[Si](C)(C)O[Si](C)(C)O[Si](C)(C)O[Si](C)(C)O[Si](C)(C)CCCOCCO. The molecular formula is C43H122O18Si17. The Bertz CT molecular complexity index is 1820. The van der Waals surface area contributed by atoms with Gasteiger partial charge in [0.1, 0.15) is 0 Å². The van der Waals surface area contributed by atoms with E-state index in [1.165, 1.54) is 6.42 Å². The van der Waals surface area contributed by atoms with Gasteiger partial charge in [-0.2, -0.15) is 0 Å². The van der Waals surface area contributed by atoms with Crippen LogP contribution in [0.5, 0.6) is 0 Å². The Labute approximate surface area is 497 Å². The lowest BCUT2D eigenvalue weighted by Crippen LogP contribution is -2.63. The van der Waals surface area contributed by atoms with Crippen molar-refractivity contribution in [3.63, 3.8) is 0 Å². The van der Waals surface area contributed by atoms with Crippen LogP contribution in [0.2, 0.25) is 235 Å². The van der Waals surface area contributed by atoms with Crippen LogP contribution in [0.25, 0.3) is 0 Å². The van der Waals surface area contributed by atoms with E-state index < -0.39 is 145 Å². The first-order valence-electron chi connectivity index (χ1n) is 28.3. The Kier molecular flexibility index (Phi) is 30.6. The zero-order chi connectivity index (χ0) is 62.2. The van der Waals surface area contributed by atoms with Crippen LogP contribution in [-0.2, 0) is 70.6 Å². The molecule has 35 heteroatoms. The van der Waals surface area contributed by atoms with Crippen LogP contribution in [0.4, 0.5) is 0 Å². The fourth-order valence-electron chi connectivity index (χ4n) is 11.4. The van der Waals surface area contributed by atoms with Crippen molar-refractivity contribution in [2.75, 3.05) is 19.8 Å². The summed E-state index contributed by atoms with van der Waals surface area (Å²) < 4.78 is 115. The topological polar surface area (TPSA) is 177 Å². The van der Waals surface area contributed by atoms with E-state index in [4.69, 9.17) is 75.7 Å². The van der Waals surface area contributed by atoms with E-state index in [2.05, 4.69) is 230 Å². The molecule has 0 radical (unpaired) electrons. The molecule has 0 aliphatic carbocycles. The van der Waals surface area contributed by atoms with Crippen molar-refractivity contribution >= 4 is 145 Å². The quantitative estimate of drug-likeness (QED) is 0.0451. The van der Waals surface area contributed by atoms with Gasteiger partial charge in [-0.05, 0) is 241 Å². The molecule has 470 valence electrons. The largest absolute Gasteiger partial charge is 0.436 e. The highest BCUT2D eigenvalue weighted by atomic mass is 28.5. The van der Waals surface area contributed by atoms with Crippen LogP contribution in [0.3, 0.4) is 0 Å². The van der Waals surface area contributed by atoms with Crippen LogP contribution >= 0.6 is 0 Å². The van der Waals surface area contributed by atoms with Crippen LogP contribution < -0.4 is 0 Å². The van der Waals surface area contributed by atoms with Gasteiger partial charge >= 0.3 is 128 Å². The highest BCUT2D eigenvalue weighted by Crippen LogP contribution is 2.34. The summed E-state index contributed by atoms with van der Waals surface area (Å²) in [6.45, 7) is 74.6. The van der Waals surface area contributed by atoms with Gasteiger partial charge in [-0.15, -0.1) is 0 Å². The summed E-state index contributed by atoms with van der Waals surface area (Å²) in [6.07, 6.45) is 3.23. The highest BCUT2D eigenvalue weighted by molar-refractivity contribution is 6.95. The minimum Gasteiger partial charge on any atom is -0.436 e. The molecule has 0 atom stereocenters. The van der Waals surface area contributed by atoms with Crippen molar-refractivity contribution in [1.82, 2.24) is 0 Å². The number of aliphatic hydroxyl groups is 1. The zero-order valence-electron chi connectivity index (χ0n) is 56.5. The molecule has 0 saturated heterocycles. The highest BCUT2D eigenvalue weighted by Gasteiger charge is 2.53. The Morgan fingerprint density at radius 3 is 0.526 bits per heavy atom. The first kappa shape index (κ1) is 81.0. The molecule has 0 aromatic heterocycles. The van der Waals surface area contributed by atoms with Crippen molar-refractivity contribution in [1.29, 1.82) is 0 Å². The molecule has 0 amide bonds. The molecule has 0 spiro atoms. The third kappa shape index (κ3) is 38.3. The smallest absolute Gasteiger partial charge is 0.314 e. The lowest BCUT2D eigenvalue weighted by molar-refractivity contribution is 0.0923. The molecule has 0 saturated carbocycles. The average molecular weight is 1400 g/mol. The normalized spacial score (nSPS) is 15.7. The first-order chi connectivity index (χ1) is 33.9. The third-order valence-corrected chi connectivity index (χ3v) is 76.9. The van der Waals surface area contributed by atoms with E-state index in [9.17, 15) is 0 Å².